The SMILES string of the molecule is [N-]=[N+]=NCCNC(=O)/C=C/c1ccco1. The molecule has 1 heterocycles. The van der Waals surface area contributed by atoms with Gasteiger partial charge in [-0.3, -0.25) is 4.79 Å². The molecule has 0 radical (unpaired) electrons. The van der Waals surface area contributed by atoms with E-state index in [0.717, 1.165) is 0 Å². The third-order valence-electron chi connectivity index (χ3n) is 1.52. The van der Waals surface area contributed by atoms with Crippen LogP contribution in [0.15, 0.2) is 34.0 Å². The average Bonchev–Trinajstić information content (AvgIpc) is 2.74. The highest BCUT2D eigenvalue weighted by molar-refractivity contribution is 5.91. The fraction of sp³-hybridized carbons (Fsp3) is 0.222. The van der Waals surface area contributed by atoms with Crippen molar-refractivity contribution in [3.63, 3.8) is 0 Å². The molecule has 1 amide bonds. The van der Waals surface area contributed by atoms with Crippen LogP contribution in [0.3, 0.4) is 0 Å². The number of nitrogens with zero attached hydrogens (tertiary/aromatic N) is 3. The molecule has 0 aliphatic carbocycles. The van der Waals surface area contributed by atoms with E-state index in [1.807, 2.05) is 0 Å². The van der Waals surface area contributed by atoms with E-state index in [9.17, 15) is 4.79 Å². The van der Waals surface area contributed by atoms with E-state index in [1.165, 1.54) is 12.3 Å². The van der Waals surface area contributed by atoms with Crippen LogP contribution in [0.1, 0.15) is 5.76 Å². The van der Waals surface area contributed by atoms with Gasteiger partial charge in [0.2, 0.25) is 5.91 Å². The summed E-state index contributed by atoms with van der Waals surface area (Å²) in [6.07, 6.45) is 4.44. The lowest BCUT2D eigenvalue weighted by molar-refractivity contribution is -0.116. The summed E-state index contributed by atoms with van der Waals surface area (Å²) in [4.78, 5) is 13.7. The van der Waals surface area contributed by atoms with Crippen molar-refractivity contribution in [3.8, 4) is 0 Å². The van der Waals surface area contributed by atoms with Crippen LogP contribution in [-0.2, 0) is 4.79 Å². The normalized spacial score (nSPS) is 9.87. The first-order chi connectivity index (χ1) is 7.33. The predicted molar refractivity (Wildman–Crippen MR) is 54.8 cm³/mol. The number of carbonyl (C=O) groups excluding carboxylic acids is 1. The van der Waals surface area contributed by atoms with E-state index >= 15 is 0 Å². The quantitative estimate of drug-likeness (QED) is 0.261. The fourth-order valence-electron chi connectivity index (χ4n) is 0.877. The van der Waals surface area contributed by atoms with Crippen LogP contribution in [0.5, 0.6) is 0 Å². The van der Waals surface area contributed by atoms with Crippen molar-refractivity contribution in [2.24, 2.45) is 5.11 Å². The molecular formula is C9H10N4O2. The van der Waals surface area contributed by atoms with Gasteiger partial charge >= 0.3 is 0 Å². The van der Waals surface area contributed by atoms with Gasteiger partial charge in [0.05, 0.1) is 6.26 Å². The minimum absolute atomic E-state index is 0.247. The van der Waals surface area contributed by atoms with E-state index in [-0.39, 0.29) is 12.5 Å². The molecule has 78 valence electrons. The maximum absolute atomic E-state index is 11.1. The van der Waals surface area contributed by atoms with Gasteiger partial charge in [0.1, 0.15) is 5.76 Å². The number of rotatable bonds is 5. The molecule has 0 saturated heterocycles. The van der Waals surface area contributed by atoms with Gasteiger partial charge in [0.25, 0.3) is 0 Å². The van der Waals surface area contributed by atoms with E-state index in [4.69, 9.17) is 9.95 Å². The number of azide groups is 1. The number of hydrogen-bond acceptors (Lipinski definition) is 3. The molecule has 0 aliphatic heterocycles. The van der Waals surface area contributed by atoms with Gasteiger partial charge in [-0.1, -0.05) is 5.11 Å². The monoisotopic (exact) mass is 206 g/mol. The first-order valence-corrected chi connectivity index (χ1v) is 4.33. The number of hydrogen-bond donors (Lipinski definition) is 1. The van der Waals surface area contributed by atoms with Crippen LogP contribution in [-0.4, -0.2) is 19.0 Å². The molecule has 1 rings (SSSR count). The van der Waals surface area contributed by atoms with Crippen LogP contribution in [0, 0.1) is 0 Å². The van der Waals surface area contributed by atoms with Gasteiger partial charge in [0.15, 0.2) is 0 Å². The molecule has 0 bridgehead atoms. The topological polar surface area (TPSA) is 91.0 Å². The molecular weight excluding hydrogens is 196 g/mol. The van der Waals surface area contributed by atoms with Gasteiger partial charge in [-0.05, 0) is 23.7 Å². The summed E-state index contributed by atoms with van der Waals surface area (Å²) in [6, 6.07) is 3.48. The molecule has 1 aromatic rings. The van der Waals surface area contributed by atoms with Crippen LogP contribution in [0.2, 0.25) is 0 Å². The van der Waals surface area contributed by atoms with Crippen molar-refractivity contribution in [1.29, 1.82) is 0 Å². The smallest absolute Gasteiger partial charge is 0.244 e. The zero-order valence-electron chi connectivity index (χ0n) is 7.96. The lowest BCUT2D eigenvalue weighted by atomic mass is 10.4. The maximum atomic E-state index is 11.1. The van der Waals surface area contributed by atoms with Crippen molar-refractivity contribution in [2.75, 3.05) is 13.1 Å². The summed E-state index contributed by atoms with van der Waals surface area (Å²) in [5, 5.41) is 5.82. The molecule has 6 nitrogen and oxygen atoms in total. The van der Waals surface area contributed by atoms with Crippen LogP contribution in [0.25, 0.3) is 16.5 Å². The highest BCUT2D eigenvalue weighted by Crippen LogP contribution is 2.01. The lowest BCUT2D eigenvalue weighted by Crippen LogP contribution is -2.23. The van der Waals surface area contributed by atoms with Gasteiger partial charge in [-0.15, -0.1) is 0 Å². The van der Waals surface area contributed by atoms with E-state index in [0.29, 0.717) is 12.3 Å². The summed E-state index contributed by atoms with van der Waals surface area (Å²) in [7, 11) is 0. The molecule has 0 atom stereocenters. The summed E-state index contributed by atoms with van der Waals surface area (Å²) in [5.41, 5.74) is 7.98. The molecule has 1 N–H and O–H groups in total. The third kappa shape index (κ3) is 4.54. The Morgan fingerprint density at radius 3 is 3.27 bits per heavy atom. The molecule has 6 heteroatoms. The Hall–Kier alpha value is -2.20. The standard InChI is InChI=1S/C9H10N4O2/c10-13-12-6-5-11-9(14)4-3-8-2-1-7-15-8/h1-4,7H,5-6H2,(H,11,14)/b4-3+. The number of carbonyl (C=O) groups is 1. The molecule has 0 aliphatic rings. The number of nitrogens with one attached hydrogen (secondary N) is 1. The molecule has 0 unspecified atom stereocenters. The summed E-state index contributed by atoms with van der Waals surface area (Å²) in [5.74, 6) is 0.361. The second kappa shape index (κ2) is 6.28. The Morgan fingerprint density at radius 2 is 2.60 bits per heavy atom. The second-order valence-corrected chi connectivity index (χ2v) is 2.59. The zero-order valence-corrected chi connectivity index (χ0v) is 7.96. The lowest BCUT2D eigenvalue weighted by Gasteiger charge is -1.96. The molecule has 0 spiro atoms. The molecule has 0 saturated carbocycles. The summed E-state index contributed by atoms with van der Waals surface area (Å²) >= 11 is 0. The Labute approximate surface area is 86.2 Å². The fourth-order valence-corrected chi connectivity index (χ4v) is 0.877. The van der Waals surface area contributed by atoms with Crippen LogP contribution >= 0.6 is 0 Å². The average molecular weight is 206 g/mol. The first kappa shape index (κ1) is 10.9. The summed E-state index contributed by atoms with van der Waals surface area (Å²) in [6.45, 7) is 0.572. The predicted octanol–water partition coefficient (Wildman–Crippen LogP) is 1.72. The maximum Gasteiger partial charge on any atom is 0.244 e. The highest BCUT2D eigenvalue weighted by Gasteiger charge is 1.94. The van der Waals surface area contributed by atoms with E-state index < -0.39 is 0 Å². The van der Waals surface area contributed by atoms with Crippen molar-refractivity contribution in [3.05, 3.63) is 40.7 Å². The Balaban J connectivity index is 2.27. The van der Waals surface area contributed by atoms with Crippen molar-refractivity contribution in [2.45, 2.75) is 0 Å². The number of furan rings is 1. The van der Waals surface area contributed by atoms with Crippen LogP contribution in [0.4, 0.5) is 0 Å². The van der Waals surface area contributed by atoms with Gasteiger partial charge in [0, 0.05) is 24.1 Å². The third-order valence-corrected chi connectivity index (χ3v) is 1.52. The minimum Gasteiger partial charge on any atom is -0.465 e. The molecule has 0 fully saturated rings. The largest absolute Gasteiger partial charge is 0.465 e. The van der Waals surface area contributed by atoms with E-state index in [2.05, 4.69) is 15.3 Å². The van der Waals surface area contributed by atoms with Crippen molar-refractivity contribution >= 4 is 12.0 Å². The highest BCUT2D eigenvalue weighted by atomic mass is 16.3. The molecule has 1 aromatic heterocycles. The van der Waals surface area contributed by atoms with Crippen LogP contribution < -0.4 is 5.32 Å². The number of amides is 1. The van der Waals surface area contributed by atoms with Gasteiger partial charge in [-0.25, -0.2) is 0 Å². The zero-order chi connectivity index (χ0) is 10.9. The minimum atomic E-state index is -0.250. The Bertz CT molecular complexity index is 377. The Kier molecular flexibility index (Phi) is 4.56. The molecule has 0 aromatic carbocycles. The van der Waals surface area contributed by atoms with E-state index in [1.54, 1.807) is 18.2 Å². The first-order valence-electron chi connectivity index (χ1n) is 4.33. The molecule has 15 heavy (non-hydrogen) atoms. The second-order valence-electron chi connectivity index (χ2n) is 2.59. The van der Waals surface area contributed by atoms with Crippen molar-refractivity contribution in [1.82, 2.24) is 5.32 Å². The van der Waals surface area contributed by atoms with Gasteiger partial charge < -0.3 is 9.73 Å². The van der Waals surface area contributed by atoms with Crippen molar-refractivity contribution < 1.29 is 9.21 Å². The summed E-state index contributed by atoms with van der Waals surface area (Å²) < 4.78 is 4.99. The Morgan fingerprint density at radius 1 is 1.73 bits per heavy atom. The van der Waals surface area contributed by atoms with Gasteiger partial charge in [-0.2, -0.15) is 0 Å².